The van der Waals surface area contributed by atoms with Crippen molar-refractivity contribution in [1.82, 2.24) is 20.1 Å². The van der Waals surface area contributed by atoms with Crippen LogP contribution in [0.4, 0.5) is 13.2 Å². The van der Waals surface area contributed by atoms with E-state index in [-0.39, 0.29) is 24.9 Å². The molecule has 2 aromatic rings. The van der Waals surface area contributed by atoms with E-state index in [2.05, 4.69) is 15.2 Å². The number of aromatic nitrogens is 3. The number of alkyl halides is 3. The average molecular weight is 380 g/mol. The second kappa shape index (κ2) is 7.99. The predicted molar refractivity (Wildman–Crippen MR) is 89.3 cm³/mol. The maximum Gasteiger partial charge on any atom is 0.433 e. The van der Waals surface area contributed by atoms with Crippen LogP contribution in [0.1, 0.15) is 42.3 Å². The van der Waals surface area contributed by atoms with E-state index < -0.39 is 18.0 Å². The van der Waals surface area contributed by atoms with E-state index in [1.807, 2.05) is 0 Å². The highest BCUT2D eigenvalue weighted by molar-refractivity contribution is 5.79. The van der Waals surface area contributed by atoms with Gasteiger partial charge in [-0.25, -0.2) is 0 Å². The predicted octanol–water partition coefficient (Wildman–Crippen LogP) is 2.55. The zero-order chi connectivity index (χ0) is 19.4. The Hall–Kier alpha value is -2.55. The second-order valence-electron chi connectivity index (χ2n) is 6.52. The standard InChI is InChI=1S/C18H19F3N4O2/c19-18(20,21)16-7-6-12(10-22-16)9-17(27)25(13-3-1-4-13)11-15(26)14-5-2-8-23-24-14/h2,5-8,10,13,15,26H,1,3-4,9,11H2. The normalized spacial score (nSPS) is 15.9. The summed E-state index contributed by atoms with van der Waals surface area (Å²) in [5.74, 6) is -0.260. The Bertz CT molecular complexity index is 764. The molecule has 1 amide bonds. The molecule has 3 rings (SSSR count). The van der Waals surface area contributed by atoms with E-state index in [4.69, 9.17) is 0 Å². The fraction of sp³-hybridized carbons (Fsp3) is 0.444. The minimum Gasteiger partial charge on any atom is -0.385 e. The van der Waals surface area contributed by atoms with Gasteiger partial charge >= 0.3 is 6.18 Å². The van der Waals surface area contributed by atoms with Gasteiger partial charge in [0.2, 0.25) is 5.91 Å². The summed E-state index contributed by atoms with van der Waals surface area (Å²) in [6, 6.07) is 5.41. The van der Waals surface area contributed by atoms with Crippen LogP contribution in [0.5, 0.6) is 0 Å². The minimum atomic E-state index is -4.51. The van der Waals surface area contributed by atoms with Crippen molar-refractivity contribution in [2.75, 3.05) is 6.54 Å². The fourth-order valence-electron chi connectivity index (χ4n) is 2.90. The molecule has 6 nitrogen and oxygen atoms in total. The van der Waals surface area contributed by atoms with Crippen molar-refractivity contribution in [1.29, 1.82) is 0 Å². The summed E-state index contributed by atoms with van der Waals surface area (Å²) in [5.41, 5.74) is -0.232. The first-order chi connectivity index (χ1) is 12.8. The molecule has 2 aromatic heterocycles. The fourth-order valence-corrected chi connectivity index (χ4v) is 2.90. The number of carbonyl (C=O) groups excluding carboxylic acids is 1. The van der Waals surface area contributed by atoms with E-state index in [0.29, 0.717) is 11.3 Å². The zero-order valence-corrected chi connectivity index (χ0v) is 14.4. The number of aliphatic hydroxyl groups is 1. The van der Waals surface area contributed by atoms with Crippen LogP contribution in [0.25, 0.3) is 0 Å². The average Bonchev–Trinajstić information content (AvgIpc) is 2.60. The highest BCUT2D eigenvalue weighted by atomic mass is 19.4. The number of hydrogen-bond acceptors (Lipinski definition) is 5. The molecule has 27 heavy (non-hydrogen) atoms. The van der Waals surface area contributed by atoms with Gasteiger partial charge in [-0.05, 0) is 43.0 Å². The molecule has 0 spiro atoms. The van der Waals surface area contributed by atoms with Crippen molar-refractivity contribution in [2.24, 2.45) is 0 Å². The Morgan fingerprint density at radius 3 is 2.59 bits per heavy atom. The number of aliphatic hydroxyl groups excluding tert-OH is 1. The Labute approximate surface area is 154 Å². The minimum absolute atomic E-state index is 0.0197. The zero-order valence-electron chi connectivity index (χ0n) is 14.4. The van der Waals surface area contributed by atoms with Gasteiger partial charge in [0.15, 0.2) is 0 Å². The highest BCUT2D eigenvalue weighted by Gasteiger charge is 2.33. The van der Waals surface area contributed by atoms with E-state index in [0.717, 1.165) is 31.5 Å². The van der Waals surface area contributed by atoms with E-state index in [9.17, 15) is 23.1 Å². The number of halogens is 3. The van der Waals surface area contributed by atoms with Gasteiger partial charge in [-0.2, -0.15) is 23.4 Å². The van der Waals surface area contributed by atoms with Crippen molar-refractivity contribution in [3.8, 4) is 0 Å². The first-order valence-corrected chi connectivity index (χ1v) is 8.62. The molecule has 1 aliphatic rings. The third-order valence-electron chi connectivity index (χ3n) is 4.61. The maximum absolute atomic E-state index is 12.7. The van der Waals surface area contributed by atoms with Gasteiger partial charge in [-0.15, -0.1) is 0 Å². The summed E-state index contributed by atoms with van der Waals surface area (Å²) in [7, 11) is 0. The Kier molecular flexibility index (Phi) is 5.69. The van der Waals surface area contributed by atoms with Gasteiger partial charge in [0, 0.05) is 18.4 Å². The molecule has 0 bridgehead atoms. The van der Waals surface area contributed by atoms with Crippen molar-refractivity contribution in [3.63, 3.8) is 0 Å². The smallest absolute Gasteiger partial charge is 0.385 e. The van der Waals surface area contributed by atoms with E-state index in [1.165, 1.54) is 12.3 Å². The molecule has 1 unspecified atom stereocenters. The number of carbonyl (C=O) groups is 1. The topological polar surface area (TPSA) is 79.2 Å². The van der Waals surface area contributed by atoms with Gasteiger partial charge in [-0.1, -0.05) is 6.07 Å². The third-order valence-corrected chi connectivity index (χ3v) is 4.61. The summed E-state index contributed by atoms with van der Waals surface area (Å²) in [6.45, 7) is 0.0657. The lowest BCUT2D eigenvalue weighted by Gasteiger charge is -2.38. The second-order valence-corrected chi connectivity index (χ2v) is 6.52. The molecule has 1 fully saturated rings. The monoisotopic (exact) mass is 380 g/mol. The molecule has 0 aromatic carbocycles. The summed E-state index contributed by atoms with van der Waals surface area (Å²) >= 11 is 0. The van der Waals surface area contributed by atoms with Crippen molar-refractivity contribution >= 4 is 5.91 Å². The lowest BCUT2D eigenvalue weighted by Crippen LogP contribution is -2.47. The molecule has 1 N–H and O–H groups in total. The van der Waals surface area contributed by atoms with E-state index >= 15 is 0 Å². The molecule has 0 saturated heterocycles. The molecule has 0 aliphatic heterocycles. The van der Waals surface area contributed by atoms with Gasteiger partial charge in [0.1, 0.15) is 11.8 Å². The molecule has 2 heterocycles. The highest BCUT2D eigenvalue weighted by Crippen LogP contribution is 2.29. The Balaban J connectivity index is 1.68. The summed E-state index contributed by atoms with van der Waals surface area (Å²) in [4.78, 5) is 17.7. The molecular formula is C18H19F3N4O2. The lowest BCUT2D eigenvalue weighted by molar-refractivity contribution is -0.141. The van der Waals surface area contributed by atoms with Crippen LogP contribution in [0.2, 0.25) is 0 Å². The van der Waals surface area contributed by atoms with Crippen LogP contribution in [0.15, 0.2) is 36.7 Å². The quantitative estimate of drug-likeness (QED) is 0.833. The SMILES string of the molecule is O=C(Cc1ccc(C(F)(F)F)nc1)N(CC(O)c1cccnn1)C1CCC1. The summed E-state index contributed by atoms with van der Waals surface area (Å²) in [6.07, 6.45) is -0.335. The summed E-state index contributed by atoms with van der Waals surface area (Å²) < 4.78 is 37.8. The summed E-state index contributed by atoms with van der Waals surface area (Å²) in [5, 5.41) is 17.9. The number of rotatable bonds is 6. The molecule has 1 saturated carbocycles. The van der Waals surface area contributed by atoms with Gasteiger partial charge in [0.25, 0.3) is 0 Å². The van der Waals surface area contributed by atoms with Gasteiger partial charge in [0.05, 0.1) is 18.7 Å². The van der Waals surface area contributed by atoms with Crippen molar-refractivity contribution in [2.45, 2.75) is 44.0 Å². The van der Waals surface area contributed by atoms with Crippen molar-refractivity contribution < 1.29 is 23.1 Å². The van der Waals surface area contributed by atoms with Crippen LogP contribution in [-0.2, 0) is 17.4 Å². The van der Waals surface area contributed by atoms with Crippen LogP contribution in [0, 0.1) is 0 Å². The van der Waals surface area contributed by atoms with Crippen molar-refractivity contribution in [3.05, 3.63) is 53.6 Å². The molecule has 1 aliphatic carbocycles. The van der Waals surface area contributed by atoms with Gasteiger partial charge in [-0.3, -0.25) is 9.78 Å². The molecule has 144 valence electrons. The number of hydrogen-bond donors (Lipinski definition) is 1. The maximum atomic E-state index is 12.7. The van der Waals surface area contributed by atoms with E-state index in [1.54, 1.807) is 17.0 Å². The molecule has 9 heteroatoms. The molecular weight excluding hydrogens is 361 g/mol. The van der Waals surface area contributed by atoms with Crippen LogP contribution >= 0.6 is 0 Å². The first-order valence-electron chi connectivity index (χ1n) is 8.62. The number of amides is 1. The molecule has 1 atom stereocenters. The number of pyridine rings is 1. The number of nitrogens with zero attached hydrogens (tertiary/aromatic N) is 4. The lowest BCUT2D eigenvalue weighted by atomic mass is 9.90. The van der Waals surface area contributed by atoms with Crippen LogP contribution in [-0.4, -0.2) is 43.7 Å². The van der Waals surface area contributed by atoms with Crippen LogP contribution in [0.3, 0.4) is 0 Å². The molecule has 0 radical (unpaired) electrons. The largest absolute Gasteiger partial charge is 0.433 e. The Morgan fingerprint density at radius 1 is 1.30 bits per heavy atom. The van der Waals surface area contributed by atoms with Crippen LogP contribution < -0.4 is 0 Å². The first kappa shape index (κ1) is 19.2. The third kappa shape index (κ3) is 4.79. The van der Waals surface area contributed by atoms with Gasteiger partial charge < -0.3 is 10.0 Å². The Morgan fingerprint density at radius 2 is 2.07 bits per heavy atom.